The summed E-state index contributed by atoms with van der Waals surface area (Å²) in [6.07, 6.45) is 0.496. The summed E-state index contributed by atoms with van der Waals surface area (Å²) in [7, 11) is 0. The van der Waals surface area contributed by atoms with Gasteiger partial charge in [-0.05, 0) is 18.6 Å². The van der Waals surface area contributed by atoms with Crippen LogP contribution in [0.1, 0.15) is 23.2 Å². The molecule has 0 N–H and O–H groups in total. The van der Waals surface area contributed by atoms with Crippen molar-refractivity contribution in [1.29, 1.82) is 0 Å². The molecule has 0 atom stereocenters. The minimum Gasteiger partial charge on any atom is -0.294 e. The highest BCUT2D eigenvalue weighted by Gasteiger charge is 2.15. The van der Waals surface area contributed by atoms with Crippen LogP contribution in [0.2, 0.25) is 0 Å². The van der Waals surface area contributed by atoms with E-state index in [1.54, 1.807) is 0 Å². The molecule has 1 aromatic rings. The first-order valence-corrected chi connectivity index (χ1v) is 4.73. The minimum atomic E-state index is -0.815. The summed E-state index contributed by atoms with van der Waals surface area (Å²) in [5.74, 6) is -1.86. The molecule has 0 fully saturated rings. The Morgan fingerprint density at radius 1 is 1.29 bits per heavy atom. The van der Waals surface area contributed by atoms with Gasteiger partial charge < -0.3 is 0 Å². The molecule has 0 saturated heterocycles. The summed E-state index contributed by atoms with van der Waals surface area (Å²) in [4.78, 5) is 11.3. The van der Waals surface area contributed by atoms with Crippen molar-refractivity contribution in [2.24, 2.45) is 0 Å². The number of alkyl halides is 1. The number of hydrogen-bond donors (Lipinski definition) is 0. The van der Waals surface area contributed by atoms with Gasteiger partial charge >= 0.3 is 0 Å². The standard InChI is InChI=1S/C10H9ClF2O/c11-6-2-5-9(14)10-7(12)3-1-4-8(10)13/h1,3-4H,2,5-6H2. The van der Waals surface area contributed by atoms with Gasteiger partial charge in [0.2, 0.25) is 0 Å². The van der Waals surface area contributed by atoms with Crippen molar-refractivity contribution < 1.29 is 13.6 Å². The maximum atomic E-state index is 13.0. The van der Waals surface area contributed by atoms with Crippen molar-refractivity contribution in [1.82, 2.24) is 0 Å². The molecule has 76 valence electrons. The van der Waals surface area contributed by atoms with E-state index in [9.17, 15) is 13.6 Å². The fourth-order valence-electron chi connectivity index (χ4n) is 1.12. The summed E-state index contributed by atoms with van der Waals surface area (Å²) in [6, 6.07) is 3.36. The predicted octanol–water partition coefficient (Wildman–Crippen LogP) is 3.17. The largest absolute Gasteiger partial charge is 0.294 e. The van der Waals surface area contributed by atoms with Crippen molar-refractivity contribution in [3.05, 3.63) is 35.4 Å². The van der Waals surface area contributed by atoms with E-state index < -0.39 is 23.0 Å². The predicted molar refractivity (Wildman–Crippen MR) is 50.6 cm³/mol. The Labute approximate surface area is 85.7 Å². The summed E-state index contributed by atoms with van der Waals surface area (Å²) < 4.78 is 26.1. The first-order chi connectivity index (χ1) is 6.66. The normalized spacial score (nSPS) is 10.2. The second-order valence-electron chi connectivity index (χ2n) is 2.81. The molecule has 4 heteroatoms. The average Bonchev–Trinajstić information content (AvgIpc) is 2.14. The van der Waals surface area contributed by atoms with Crippen molar-refractivity contribution in [3.8, 4) is 0 Å². The van der Waals surface area contributed by atoms with E-state index in [1.165, 1.54) is 6.07 Å². The Balaban J connectivity index is 2.89. The van der Waals surface area contributed by atoms with Crippen molar-refractivity contribution in [2.45, 2.75) is 12.8 Å². The van der Waals surface area contributed by atoms with Crippen LogP contribution in [0, 0.1) is 11.6 Å². The number of carbonyl (C=O) groups excluding carboxylic acids is 1. The smallest absolute Gasteiger partial charge is 0.168 e. The summed E-state index contributed by atoms with van der Waals surface area (Å²) in [6.45, 7) is 0. The molecule has 0 bridgehead atoms. The van der Waals surface area contributed by atoms with Gasteiger partial charge in [-0.2, -0.15) is 0 Å². The third kappa shape index (κ3) is 2.51. The van der Waals surface area contributed by atoms with E-state index in [0.29, 0.717) is 12.3 Å². The minimum absolute atomic E-state index is 0.0708. The zero-order valence-corrected chi connectivity index (χ0v) is 8.15. The zero-order chi connectivity index (χ0) is 10.6. The Morgan fingerprint density at radius 3 is 2.36 bits per heavy atom. The van der Waals surface area contributed by atoms with Gasteiger partial charge in [-0.15, -0.1) is 11.6 Å². The average molecular weight is 219 g/mol. The monoisotopic (exact) mass is 218 g/mol. The molecule has 1 rings (SSSR count). The molecule has 14 heavy (non-hydrogen) atoms. The molecule has 1 aromatic carbocycles. The van der Waals surface area contributed by atoms with Gasteiger partial charge in [-0.1, -0.05) is 6.07 Å². The molecule has 0 spiro atoms. The third-order valence-corrected chi connectivity index (χ3v) is 2.05. The van der Waals surface area contributed by atoms with Crippen LogP contribution in [-0.4, -0.2) is 11.7 Å². The van der Waals surface area contributed by atoms with Crippen LogP contribution in [0.5, 0.6) is 0 Å². The lowest BCUT2D eigenvalue weighted by atomic mass is 10.1. The van der Waals surface area contributed by atoms with Crippen LogP contribution >= 0.6 is 11.6 Å². The number of Topliss-reactive ketones (excluding diaryl/α,β-unsaturated/α-hetero) is 1. The van der Waals surface area contributed by atoms with Crippen molar-refractivity contribution >= 4 is 17.4 Å². The van der Waals surface area contributed by atoms with Gasteiger partial charge in [0, 0.05) is 12.3 Å². The lowest BCUT2D eigenvalue weighted by Gasteiger charge is -2.02. The van der Waals surface area contributed by atoms with Gasteiger partial charge in [0.05, 0.1) is 5.56 Å². The van der Waals surface area contributed by atoms with E-state index in [4.69, 9.17) is 11.6 Å². The van der Waals surface area contributed by atoms with Crippen LogP contribution in [0.15, 0.2) is 18.2 Å². The third-order valence-electron chi connectivity index (χ3n) is 1.78. The fraction of sp³-hybridized carbons (Fsp3) is 0.300. The molecule has 0 radical (unpaired) electrons. The number of benzene rings is 1. The van der Waals surface area contributed by atoms with Gasteiger partial charge in [0.1, 0.15) is 11.6 Å². The zero-order valence-electron chi connectivity index (χ0n) is 7.40. The van der Waals surface area contributed by atoms with E-state index in [-0.39, 0.29) is 6.42 Å². The number of halogens is 3. The highest BCUT2D eigenvalue weighted by atomic mass is 35.5. The molecule has 0 aliphatic rings. The first-order valence-electron chi connectivity index (χ1n) is 4.20. The van der Waals surface area contributed by atoms with Gasteiger partial charge in [-0.25, -0.2) is 8.78 Å². The van der Waals surface area contributed by atoms with E-state index in [2.05, 4.69) is 0 Å². The highest BCUT2D eigenvalue weighted by molar-refractivity contribution is 6.18. The second-order valence-corrected chi connectivity index (χ2v) is 3.19. The Morgan fingerprint density at radius 2 is 1.86 bits per heavy atom. The second kappa shape index (κ2) is 5.05. The van der Waals surface area contributed by atoms with Crippen LogP contribution < -0.4 is 0 Å². The van der Waals surface area contributed by atoms with Crippen LogP contribution in [0.25, 0.3) is 0 Å². The number of ketones is 1. The lowest BCUT2D eigenvalue weighted by molar-refractivity contribution is 0.0974. The summed E-state index contributed by atoms with van der Waals surface area (Å²) >= 11 is 5.37. The van der Waals surface area contributed by atoms with Gasteiger partial charge in [0.25, 0.3) is 0 Å². The number of carbonyl (C=O) groups is 1. The van der Waals surface area contributed by atoms with Gasteiger partial charge in [0.15, 0.2) is 5.78 Å². The van der Waals surface area contributed by atoms with Gasteiger partial charge in [-0.3, -0.25) is 4.79 Å². The Bertz CT molecular complexity index is 319. The van der Waals surface area contributed by atoms with Crippen LogP contribution in [-0.2, 0) is 0 Å². The molecular weight excluding hydrogens is 210 g/mol. The van der Waals surface area contributed by atoms with Crippen molar-refractivity contribution in [2.75, 3.05) is 5.88 Å². The maximum absolute atomic E-state index is 13.0. The quantitative estimate of drug-likeness (QED) is 0.561. The lowest BCUT2D eigenvalue weighted by Crippen LogP contribution is -2.05. The molecule has 0 aliphatic heterocycles. The number of rotatable bonds is 4. The summed E-state index contributed by atoms with van der Waals surface area (Å²) in [5.41, 5.74) is -0.461. The van der Waals surface area contributed by atoms with Crippen LogP contribution in [0.3, 0.4) is 0 Å². The molecule has 0 amide bonds. The highest BCUT2D eigenvalue weighted by Crippen LogP contribution is 2.15. The molecule has 0 unspecified atom stereocenters. The summed E-state index contributed by atoms with van der Waals surface area (Å²) in [5, 5.41) is 0. The molecule has 0 aromatic heterocycles. The van der Waals surface area contributed by atoms with E-state index in [0.717, 1.165) is 12.1 Å². The topological polar surface area (TPSA) is 17.1 Å². The van der Waals surface area contributed by atoms with E-state index >= 15 is 0 Å². The molecule has 0 saturated carbocycles. The number of hydrogen-bond acceptors (Lipinski definition) is 1. The maximum Gasteiger partial charge on any atom is 0.168 e. The van der Waals surface area contributed by atoms with Crippen LogP contribution in [0.4, 0.5) is 8.78 Å². The molecule has 0 heterocycles. The van der Waals surface area contributed by atoms with E-state index in [1.807, 2.05) is 0 Å². The SMILES string of the molecule is O=C(CCCCl)c1c(F)cccc1F. The molecular formula is C10H9ClF2O. The Hall–Kier alpha value is -0.960. The Kier molecular flexibility index (Phi) is 4.01. The van der Waals surface area contributed by atoms with Crippen molar-refractivity contribution in [3.63, 3.8) is 0 Å². The first kappa shape index (κ1) is 11.1. The molecule has 1 nitrogen and oxygen atoms in total. The fourth-order valence-corrected chi connectivity index (χ4v) is 1.25. The molecule has 0 aliphatic carbocycles.